The topological polar surface area (TPSA) is 67.2 Å². The van der Waals surface area contributed by atoms with Crippen LogP contribution < -0.4 is 5.32 Å². The molecule has 4 rings (SSSR count). The fourth-order valence-electron chi connectivity index (χ4n) is 5.21. The SMILES string of the molecule is CC(C)(C)c1cc2n(n1)C[C@](C)(C(=O)NC1CCCCCC1)N(CCCc1ccccc1)C2=O. The van der Waals surface area contributed by atoms with E-state index in [1.807, 2.05) is 36.1 Å². The molecular formula is C28H40N4O2. The lowest BCUT2D eigenvalue weighted by molar-refractivity contribution is -0.134. The monoisotopic (exact) mass is 464 g/mol. The van der Waals surface area contributed by atoms with Crippen molar-refractivity contribution in [2.45, 2.75) is 103 Å². The van der Waals surface area contributed by atoms with Crippen LogP contribution in [0.3, 0.4) is 0 Å². The van der Waals surface area contributed by atoms with Gasteiger partial charge in [-0.25, -0.2) is 0 Å². The van der Waals surface area contributed by atoms with Gasteiger partial charge >= 0.3 is 0 Å². The number of benzene rings is 1. The van der Waals surface area contributed by atoms with Crippen molar-refractivity contribution in [2.24, 2.45) is 0 Å². The number of nitrogens with zero attached hydrogens (tertiary/aromatic N) is 3. The number of hydrogen-bond acceptors (Lipinski definition) is 3. The molecular weight excluding hydrogens is 424 g/mol. The molecule has 6 nitrogen and oxygen atoms in total. The van der Waals surface area contributed by atoms with E-state index in [1.165, 1.54) is 18.4 Å². The minimum Gasteiger partial charge on any atom is -0.351 e. The van der Waals surface area contributed by atoms with E-state index in [-0.39, 0.29) is 23.3 Å². The molecule has 2 heterocycles. The second-order valence-electron chi connectivity index (χ2n) is 11.3. The molecule has 1 aliphatic heterocycles. The van der Waals surface area contributed by atoms with Gasteiger partial charge in [0.25, 0.3) is 5.91 Å². The second kappa shape index (κ2) is 9.93. The first-order valence-corrected chi connectivity index (χ1v) is 12.9. The normalized spacial score (nSPS) is 21.8. The number of nitrogens with one attached hydrogen (secondary N) is 1. The second-order valence-corrected chi connectivity index (χ2v) is 11.3. The van der Waals surface area contributed by atoms with Crippen LogP contribution in [-0.4, -0.2) is 44.6 Å². The maximum atomic E-state index is 13.8. The maximum Gasteiger partial charge on any atom is 0.273 e. The third-order valence-electron chi connectivity index (χ3n) is 7.44. The lowest BCUT2D eigenvalue weighted by Crippen LogP contribution is -2.65. The van der Waals surface area contributed by atoms with Crippen molar-refractivity contribution >= 4 is 11.8 Å². The molecule has 1 atom stereocenters. The lowest BCUT2D eigenvalue weighted by Gasteiger charge is -2.44. The molecule has 2 aromatic rings. The number of carbonyl (C=O) groups excluding carboxylic acids is 2. The Bertz CT molecular complexity index is 999. The van der Waals surface area contributed by atoms with Gasteiger partial charge in [-0.2, -0.15) is 5.10 Å². The average Bonchev–Trinajstić information content (AvgIpc) is 3.07. The summed E-state index contributed by atoms with van der Waals surface area (Å²) >= 11 is 0. The number of rotatable bonds is 6. The van der Waals surface area contributed by atoms with E-state index in [1.54, 1.807) is 4.68 Å². The Balaban J connectivity index is 1.59. The van der Waals surface area contributed by atoms with Gasteiger partial charge in [0, 0.05) is 18.0 Å². The van der Waals surface area contributed by atoms with E-state index in [2.05, 4.69) is 38.2 Å². The summed E-state index contributed by atoms with van der Waals surface area (Å²) in [6.07, 6.45) is 8.49. The van der Waals surface area contributed by atoms with Crippen molar-refractivity contribution in [3.63, 3.8) is 0 Å². The molecule has 1 aromatic heterocycles. The van der Waals surface area contributed by atoms with Gasteiger partial charge in [-0.3, -0.25) is 14.3 Å². The molecule has 184 valence electrons. The van der Waals surface area contributed by atoms with Gasteiger partial charge in [0.15, 0.2) is 0 Å². The van der Waals surface area contributed by atoms with Crippen molar-refractivity contribution < 1.29 is 9.59 Å². The highest BCUT2D eigenvalue weighted by molar-refractivity contribution is 5.99. The summed E-state index contributed by atoms with van der Waals surface area (Å²) in [5, 5.41) is 8.09. The van der Waals surface area contributed by atoms with Crippen molar-refractivity contribution in [3.05, 3.63) is 53.3 Å². The third-order valence-corrected chi connectivity index (χ3v) is 7.44. The summed E-state index contributed by atoms with van der Waals surface area (Å²) in [5.74, 6) is -0.147. The Morgan fingerprint density at radius 1 is 1.12 bits per heavy atom. The molecule has 1 aromatic carbocycles. The summed E-state index contributed by atoms with van der Waals surface area (Å²) in [4.78, 5) is 29.3. The molecule has 6 heteroatoms. The third kappa shape index (κ3) is 5.21. The highest BCUT2D eigenvalue weighted by Crippen LogP contribution is 2.31. The first-order valence-electron chi connectivity index (χ1n) is 12.9. The van der Waals surface area contributed by atoms with Gasteiger partial charge in [-0.15, -0.1) is 0 Å². The maximum absolute atomic E-state index is 13.8. The fourth-order valence-corrected chi connectivity index (χ4v) is 5.21. The number of carbonyl (C=O) groups is 2. The molecule has 0 bridgehead atoms. The Morgan fingerprint density at radius 2 is 1.79 bits per heavy atom. The molecule has 1 saturated carbocycles. The van der Waals surface area contributed by atoms with Gasteiger partial charge in [0.05, 0.1) is 12.2 Å². The smallest absolute Gasteiger partial charge is 0.273 e. The van der Waals surface area contributed by atoms with E-state index < -0.39 is 5.54 Å². The van der Waals surface area contributed by atoms with Crippen molar-refractivity contribution in [1.82, 2.24) is 20.0 Å². The van der Waals surface area contributed by atoms with Crippen LogP contribution in [0.2, 0.25) is 0 Å². The van der Waals surface area contributed by atoms with Gasteiger partial charge in [-0.05, 0) is 44.2 Å². The predicted molar refractivity (Wildman–Crippen MR) is 135 cm³/mol. The van der Waals surface area contributed by atoms with E-state index >= 15 is 0 Å². The van der Waals surface area contributed by atoms with Crippen LogP contribution in [0.25, 0.3) is 0 Å². The molecule has 1 aliphatic carbocycles. The van der Waals surface area contributed by atoms with Crippen LogP contribution in [-0.2, 0) is 23.2 Å². The minimum absolute atomic E-state index is 0.0501. The Hall–Kier alpha value is -2.63. The molecule has 0 unspecified atom stereocenters. The first-order chi connectivity index (χ1) is 16.2. The Labute approximate surface area is 204 Å². The Morgan fingerprint density at radius 3 is 2.44 bits per heavy atom. The van der Waals surface area contributed by atoms with Gasteiger partial charge in [0.1, 0.15) is 11.2 Å². The summed E-state index contributed by atoms with van der Waals surface area (Å²) in [6, 6.07) is 12.4. The van der Waals surface area contributed by atoms with E-state index in [0.717, 1.165) is 44.2 Å². The van der Waals surface area contributed by atoms with Crippen molar-refractivity contribution in [2.75, 3.05) is 6.54 Å². The van der Waals surface area contributed by atoms with E-state index in [0.29, 0.717) is 18.8 Å². The summed E-state index contributed by atoms with van der Waals surface area (Å²) in [6.45, 7) is 9.14. The lowest BCUT2D eigenvalue weighted by atomic mass is 9.91. The summed E-state index contributed by atoms with van der Waals surface area (Å²) < 4.78 is 1.77. The molecule has 0 radical (unpaired) electrons. The van der Waals surface area contributed by atoms with Crippen molar-refractivity contribution in [3.8, 4) is 0 Å². The molecule has 1 N–H and O–H groups in total. The van der Waals surface area contributed by atoms with Crippen LogP contribution in [0.4, 0.5) is 0 Å². The quantitative estimate of drug-likeness (QED) is 0.621. The highest BCUT2D eigenvalue weighted by atomic mass is 16.2. The predicted octanol–water partition coefficient (Wildman–Crippen LogP) is 4.87. The standard InChI is InChI=1S/C28H40N4O2/c1-27(2,3)24-19-23-25(33)31(18-12-15-21-13-8-7-9-14-21)28(4,20-32(23)30-24)26(34)29-22-16-10-5-6-11-17-22/h7-9,13-14,19,22H,5-6,10-12,15-18,20H2,1-4H3,(H,29,34)/t28-/m1/s1. The molecule has 0 saturated heterocycles. The summed E-state index contributed by atoms with van der Waals surface area (Å²) in [7, 11) is 0. The number of aromatic nitrogens is 2. The molecule has 0 spiro atoms. The highest BCUT2D eigenvalue weighted by Gasteiger charge is 2.48. The largest absolute Gasteiger partial charge is 0.351 e. The van der Waals surface area contributed by atoms with Crippen LogP contribution in [0.1, 0.15) is 94.4 Å². The van der Waals surface area contributed by atoms with Crippen LogP contribution in [0.5, 0.6) is 0 Å². The molecule has 2 aliphatic rings. The van der Waals surface area contributed by atoms with Crippen LogP contribution in [0.15, 0.2) is 36.4 Å². The van der Waals surface area contributed by atoms with Gasteiger partial charge < -0.3 is 10.2 Å². The Kier molecular flexibility index (Phi) is 7.15. The molecule has 34 heavy (non-hydrogen) atoms. The van der Waals surface area contributed by atoms with Crippen molar-refractivity contribution in [1.29, 1.82) is 0 Å². The van der Waals surface area contributed by atoms with E-state index in [9.17, 15) is 9.59 Å². The zero-order valence-corrected chi connectivity index (χ0v) is 21.3. The first kappa shape index (κ1) is 24.5. The zero-order valence-electron chi connectivity index (χ0n) is 21.3. The van der Waals surface area contributed by atoms with Gasteiger partial charge in [-0.1, -0.05) is 76.8 Å². The number of amides is 2. The number of fused-ring (bicyclic) bond motifs is 1. The van der Waals surface area contributed by atoms with Crippen LogP contribution >= 0.6 is 0 Å². The number of aryl methyl sites for hydroxylation is 1. The van der Waals surface area contributed by atoms with E-state index in [4.69, 9.17) is 5.10 Å². The van der Waals surface area contributed by atoms with Crippen LogP contribution in [0, 0.1) is 0 Å². The van der Waals surface area contributed by atoms with Gasteiger partial charge in [0.2, 0.25) is 5.91 Å². The fraction of sp³-hybridized carbons (Fsp3) is 0.607. The average molecular weight is 465 g/mol. The molecule has 2 amide bonds. The summed E-state index contributed by atoms with van der Waals surface area (Å²) in [5.41, 5.74) is 1.59. The minimum atomic E-state index is -0.964. The zero-order chi connectivity index (χ0) is 24.3. The number of hydrogen-bond donors (Lipinski definition) is 1. The molecule has 1 fully saturated rings.